The zero-order valence-corrected chi connectivity index (χ0v) is 29.4. The average Bonchev–Trinajstić information content (AvgIpc) is 3.47. The minimum Gasteiger partial charge on any atom is -0.339 e. The second-order valence-electron chi connectivity index (χ2n) is 10.7. The molecule has 0 saturated carbocycles. The standard InChI is InChI=1S/C32H30Cl2N4O4S4/c33-23-9-3-1-7-21(23)19-25-29(41)37(31(43)45-25)13-5-11-27(39)35-15-17-36(18-16-35)28(40)12-6-14-38-30(42)26(46-32(38)44)20-22-8-2-4-10-24(22)34/h1-4,7-10,19-20H,5-6,11-18H2/b25-19-,26-20+. The highest BCUT2D eigenvalue weighted by Gasteiger charge is 2.33. The normalized spacial score (nSPS) is 18.9. The highest BCUT2D eigenvalue weighted by molar-refractivity contribution is 8.27. The molecular formula is C32H30Cl2N4O4S4. The maximum atomic E-state index is 12.9. The van der Waals surface area contributed by atoms with Gasteiger partial charge in [-0.15, -0.1) is 0 Å². The fourth-order valence-corrected chi connectivity index (χ4v) is 8.13. The number of carbonyl (C=O) groups excluding carboxylic acids is 4. The number of halogens is 2. The Morgan fingerprint density at radius 2 is 1.04 bits per heavy atom. The molecule has 3 fully saturated rings. The van der Waals surface area contributed by atoms with E-state index < -0.39 is 0 Å². The zero-order valence-electron chi connectivity index (χ0n) is 24.7. The number of hydrogen-bond acceptors (Lipinski definition) is 8. The first kappa shape index (κ1) is 34.6. The van der Waals surface area contributed by atoms with Crippen LogP contribution in [-0.2, 0) is 19.2 Å². The SMILES string of the molecule is O=C(CCCN1C(=O)/C(=C/c2ccccc2Cl)SC1=S)N1CCN(C(=O)CCCN2C(=O)/C(=C\c3ccccc3Cl)SC2=S)CC1. The second-order valence-corrected chi connectivity index (χ2v) is 14.8. The van der Waals surface area contributed by atoms with Gasteiger partial charge in [-0.25, -0.2) is 0 Å². The van der Waals surface area contributed by atoms with Gasteiger partial charge >= 0.3 is 0 Å². The summed E-state index contributed by atoms with van der Waals surface area (Å²) >= 11 is 25.8. The monoisotopic (exact) mass is 732 g/mol. The van der Waals surface area contributed by atoms with Gasteiger partial charge < -0.3 is 9.80 Å². The highest BCUT2D eigenvalue weighted by Crippen LogP contribution is 2.35. The number of rotatable bonds is 10. The lowest BCUT2D eigenvalue weighted by Crippen LogP contribution is -2.50. The number of thioether (sulfide) groups is 2. The lowest BCUT2D eigenvalue weighted by Gasteiger charge is -2.35. The van der Waals surface area contributed by atoms with Crippen molar-refractivity contribution in [3.63, 3.8) is 0 Å². The summed E-state index contributed by atoms with van der Waals surface area (Å²) in [6, 6.07) is 14.6. The average molecular weight is 734 g/mol. The van der Waals surface area contributed by atoms with Crippen LogP contribution in [0, 0.1) is 0 Å². The van der Waals surface area contributed by atoms with Gasteiger partial charge in [0, 0.05) is 62.2 Å². The molecule has 8 nitrogen and oxygen atoms in total. The summed E-state index contributed by atoms with van der Waals surface area (Å²) in [4.78, 5) is 59.2. The van der Waals surface area contributed by atoms with Gasteiger partial charge in [0.25, 0.3) is 11.8 Å². The van der Waals surface area contributed by atoms with E-state index in [0.717, 1.165) is 11.1 Å². The molecule has 0 unspecified atom stereocenters. The van der Waals surface area contributed by atoms with Gasteiger partial charge in [-0.3, -0.25) is 29.0 Å². The molecule has 3 aliphatic rings. The first-order chi connectivity index (χ1) is 22.1. The Morgan fingerprint density at radius 3 is 1.41 bits per heavy atom. The van der Waals surface area contributed by atoms with Gasteiger partial charge in [-0.05, 0) is 48.3 Å². The minimum absolute atomic E-state index is 0.0108. The van der Waals surface area contributed by atoms with Crippen molar-refractivity contribution in [3.8, 4) is 0 Å². The molecule has 3 heterocycles. The predicted molar refractivity (Wildman–Crippen MR) is 194 cm³/mol. The van der Waals surface area contributed by atoms with Gasteiger partial charge in [-0.2, -0.15) is 0 Å². The molecule has 2 aromatic rings. The molecule has 240 valence electrons. The smallest absolute Gasteiger partial charge is 0.266 e. The number of amides is 4. The maximum Gasteiger partial charge on any atom is 0.266 e. The van der Waals surface area contributed by atoms with Crippen molar-refractivity contribution in [1.29, 1.82) is 0 Å². The van der Waals surface area contributed by atoms with Crippen LogP contribution < -0.4 is 0 Å². The summed E-state index contributed by atoms with van der Waals surface area (Å²) in [6.45, 7) is 2.52. The van der Waals surface area contributed by atoms with Crippen LogP contribution >= 0.6 is 71.2 Å². The largest absolute Gasteiger partial charge is 0.339 e. The molecule has 0 bridgehead atoms. The quantitative estimate of drug-likeness (QED) is 0.207. The van der Waals surface area contributed by atoms with E-state index in [1.165, 1.54) is 33.3 Å². The van der Waals surface area contributed by atoms with Crippen LogP contribution in [0.25, 0.3) is 12.2 Å². The predicted octanol–water partition coefficient (Wildman–Crippen LogP) is 6.33. The van der Waals surface area contributed by atoms with Crippen LogP contribution in [0.1, 0.15) is 36.8 Å². The molecule has 0 aromatic heterocycles. The summed E-state index contributed by atoms with van der Waals surface area (Å²) in [5, 5.41) is 1.11. The molecule has 0 atom stereocenters. The number of benzene rings is 2. The van der Waals surface area contributed by atoms with E-state index >= 15 is 0 Å². The number of nitrogens with zero attached hydrogens (tertiary/aromatic N) is 4. The molecular weight excluding hydrogens is 704 g/mol. The summed E-state index contributed by atoms with van der Waals surface area (Å²) < 4.78 is 0.929. The number of hydrogen-bond donors (Lipinski definition) is 0. The van der Waals surface area contributed by atoms with Crippen LogP contribution in [0.15, 0.2) is 58.3 Å². The Hall–Kier alpha value is -2.74. The number of piperazine rings is 1. The molecule has 46 heavy (non-hydrogen) atoms. The molecule has 0 aliphatic carbocycles. The first-order valence-electron chi connectivity index (χ1n) is 14.7. The maximum absolute atomic E-state index is 12.9. The molecule has 4 amide bonds. The van der Waals surface area contributed by atoms with E-state index in [4.69, 9.17) is 47.6 Å². The Labute approximate surface area is 297 Å². The Bertz CT molecular complexity index is 1520. The van der Waals surface area contributed by atoms with Gasteiger partial charge in [-0.1, -0.05) is 108 Å². The van der Waals surface area contributed by atoms with Crippen molar-refractivity contribution in [2.45, 2.75) is 25.7 Å². The van der Waals surface area contributed by atoms with E-state index in [1.54, 1.807) is 34.1 Å². The summed E-state index contributed by atoms with van der Waals surface area (Å²) in [6.07, 6.45) is 5.00. The summed E-state index contributed by atoms with van der Waals surface area (Å²) in [7, 11) is 0. The highest BCUT2D eigenvalue weighted by atomic mass is 35.5. The first-order valence-corrected chi connectivity index (χ1v) is 17.9. The minimum atomic E-state index is -0.182. The van der Waals surface area contributed by atoms with Gasteiger partial charge in [0.1, 0.15) is 8.64 Å². The number of thiocarbonyl (C=S) groups is 2. The van der Waals surface area contributed by atoms with E-state index in [0.29, 0.717) is 80.6 Å². The zero-order chi connectivity index (χ0) is 32.8. The molecule has 2 aromatic carbocycles. The van der Waals surface area contributed by atoms with Gasteiger partial charge in [0.15, 0.2) is 0 Å². The van der Waals surface area contributed by atoms with E-state index in [9.17, 15) is 19.2 Å². The molecule has 5 rings (SSSR count). The molecule has 3 aliphatic heterocycles. The van der Waals surface area contributed by atoms with Crippen molar-refractivity contribution in [2.75, 3.05) is 39.3 Å². The van der Waals surface area contributed by atoms with E-state index in [-0.39, 0.29) is 36.5 Å². The van der Waals surface area contributed by atoms with Crippen LogP contribution in [-0.4, -0.2) is 91.1 Å². The fraction of sp³-hybridized carbons (Fsp3) is 0.312. The Balaban J connectivity index is 1.01. The molecule has 0 N–H and O–H groups in total. The van der Waals surface area contributed by atoms with Gasteiger partial charge in [0.05, 0.1) is 9.81 Å². The van der Waals surface area contributed by atoms with Crippen molar-refractivity contribution in [2.24, 2.45) is 0 Å². The van der Waals surface area contributed by atoms with Crippen molar-refractivity contribution in [1.82, 2.24) is 19.6 Å². The van der Waals surface area contributed by atoms with Crippen LogP contribution in [0.4, 0.5) is 0 Å². The molecule has 14 heteroatoms. The lowest BCUT2D eigenvalue weighted by atomic mass is 10.2. The fourth-order valence-electron chi connectivity index (χ4n) is 5.15. The van der Waals surface area contributed by atoms with Crippen molar-refractivity contribution in [3.05, 3.63) is 79.5 Å². The molecule has 3 saturated heterocycles. The van der Waals surface area contributed by atoms with Crippen LogP contribution in [0.3, 0.4) is 0 Å². The van der Waals surface area contributed by atoms with Crippen LogP contribution in [0.2, 0.25) is 10.0 Å². The topological polar surface area (TPSA) is 81.2 Å². The van der Waals surface area contributed by atoms with Crippen LogP contribution in [0.5, 0.6) is 0 Å². The van der Waals surface area contributed by atoms with E-state index in [2.05, 4.69) is 0 Å². The lowest BCUT2D eigenvalue weighted by molar-refractivity contribution is -0.139. The third-order valence-electron chi connectivity index (χ3n) is 7.66. The summed E-state index contributed by atoms with van der Waals surface area (Å²) in [5.41, 5.74) is 1.50. The third-order valence-corrected chi connectivity index (χ3v) is 11.1. The molecule has 0 radical (unpaired) electrons. The summed E-state index contributed by atoms with van der Waals surface area (Å²) in [5.74, 6) is -0.386. The second kappa shape index (κ2) is 15.9. The third kappa shape index (κ3) is 8.39. The molecule has 0 spiro atoms. The van der Waals surface area contributed by atoms with Crippen molar-refractivity contribution >= 4 is 116 Å². The van der Waals surface area contributed by atoms with Crippen molar-refractivity contribution < 1.29 is 19.2 Å². The van der Waals surface area contributed by atoms with Gasteiger partial charge in [0.2, 0.25) is 11.8 Å². The number of carbonyl (C=O) groups is 4. The Kier molecular flexibility index (Phi) is 12.0. The van der Waals surface area contributed by atoms with E-state index in [1.807, 2.05) is 36.4 Å². The Morgan fingerprint density at radius 1 is 0.674 bits per heavy atom.